The summed E-state index contributed by atoms with van der Waals surface area (Å²) in [5, 5.41) is 14.2. The first-order valence-corrected chi connectivity index (χ1v) is 15.8. The highest BCUT2D eigenvalue weighted by Crippen LogP contribution is 2.40. The molecule has 5 rings (SSSR count). The van der Waals surface area contributed by atoms with Crippen molar-refractivity contribution in [3.8, 4) is 10.4 Å². The van der Waals surface area contributed by atoms with E-state index < -0.39 is 12.1 Å². The van der Waals surface area contributed by atoms with E-state index in [2.05, 4.69) is 53.9 Å². The van der Waals surface area contributed by atoms with Crippen LogP contribution in [0, 0.1) is 0 Å². The van der Waals surface area contributed by atoms with Crippen molar-refractivity contribution in [2.45, 2.75) is 68.8 Å². The van der Waals surface area contributed by atoms with Crippen molar-refractivity contribution < 1.29 is 14.6 Å². The van der Waals surface area contributed by atoms with Crippen LogP contribution < -0.4 is 0 Å². The quantitative estimate of drug-likeness (QED) is 0.190. The fourth-order valence-corrected chi connectivity index (χ4v) is 8.44. The molecule has 2 aromatic heterocycles. The summed E-state index contributed by atoms with van der Waals surface area (Å²) in [4.78, 5) is 19.4. The van der Waals surface area contributed by atoms with Gasteiger partial charge in [-0.2, -0.15) is 0 Å². The van der Waals surface area contributed by atoms with Gasteiger partial charge in [-0.25, -0.2) is 9.78 Å². The van der Waals surface area contributed by atoms with Crippen LogP contribution in [0.1, 0.15) is 61.2 Å². The van der Waals surface area contributed by atoms with Crippen LogP contribution in [-0.4, -0.2) is 34.5 Å². The third-order valence-electron chi connectivity index (χ3n) is 7.01. The van der Waals surface area contributed by atoms with Crippen molar-refractivity contribution in [3.05, 3.63) is 70.2 Å². The maximum atomic E-state index is 11.6. The number of nitrogens with zero attached hydrogens (tertiary/aromatic N) is 1. The number of carbonyl (C=O) groups is 1. The molecule has 1 fully saturated rings. The first kappa shape index (κ1) is 26.4. The van der Waals surface area contributed by atoms with E-state index in [1.807, 2.05) is 30.0 Å². The van der Waals surface area contributed by atoms with E-state index in [0.29, 0.717) is 18.9 Å². The van der Waals surface area contributed by atoms with Crippen LogP contribution in [0.3, 0.4) is 0 Å². The van der Waals surface area contributed by atoms with E-state index in [9.17, 15) is 9.90 Å². The highest BCUT2D eigenvalue weighted by Gasteiger charge is 2.23. The zero-order valence-electron chi connectivity index (χ0n) is 21.2. The number of aryl methyl sites for hydroxylation is 1. The number of hydrogen-bond donors (Lipinski definition) is 1. The molecule has 1 N–H and O–H groups in total. The highest BCUT2D eigenvalue weighted by atomic mass is 32.2. The van der Waals surface area contributed by atoms with Crippen LogP contribution in [0.4, 0.5) is 0 Å². The Bertz CT molecular complexity index is 1320. The van der Waals surface area contributed by atoms with Gasteiger partial charge in [0.25, 0.3) is 0 Å². The molecule has 2 heterocycles. The number of thioether (sulfide) groups is 1. The second-order valence-corrected chi connectivity index (χ2v) is 12.6. The molecule has 1 aliphatic carbocycles. The fraction of sp³-hybridized carbons (Fsp3) is 0.400. The molecular weight excluding hydrogens is 519 g/mol. The zero-order chi connectivity index (χ0) is 25.6. The summed E-state index contributed by atoms with van der Waals surface area (Å²) >= 11 is 5.45. The van der Waals surface area contributed by atoms with Gasteiger partial charge in [-0.1, -0.05) is 55.7 Å². The Kier molecular flexibility index (Phi) is 8.98. The maximum absolute atomic E-state index is 11.6. The molecular formula is C30H33NO3S3. The summed E-state index contributed by atoms with van der Waals surface area (Å²) in [6.45, 7) is 2.22. The minimum atomic E-state index is -0.907. The molecule has 0 amide bonds. The predicted molar refractivity (Wildman–Crippen MR) is 156 cm³/mol. The number of fused-ring (bicyclic) bond motifs is 1. The molecule has 0 unspecified atom stereocenters. The monoisotopic (exact) mass is 551 g/mol. The fourth-order valence-electron chi connectivity index (χ4n) is 5.14. The molecule has 7 heteroatoms. The lowest BCUT2D eigenvalue weighted by atomic mass is 9.90. The molecule has 194 valence electrons. The normalized spacial score (nSPS) is 15.3. The second-order valence-electron chi connectivity index (χ2n) is 9.50. The molecule has 0 radical (unpaired) electrons. The standard InChI is InChI=1S/C30H33NO3S3/c1-2-34-25(30(32)33)19-22-13-14-26(23-15-17-36-27(22)23)35-18-16-24-28(20-9-5-3-6-10-20)37-29(31-24)21-11-7-4-8-12-21/h3,5-6,9-10,13-15,17,21,25H,2,4,7-8,11-12,16,18-19H2,1H3,(H,32,33)/t25-/m0/s1. The van der Waals surface area contributed by atoms with Gasteiger partial charge in [0.2, 0.25) is 0 Å². The van der Waals surface area contributed by atoms with Gasteiger partial charge in [-0.15, -0.1) is 34.4 Å². The number of aliphatic carboxylic acids is 1. The first-order chi connectivity index (χ1) is 18.1. The minimum absolute atomic E-state index is 0.383. The van der Waals surface area contributed by atoms with Gasteiger partial charge in [0.05, 0.1) is 15.6 Å². The number of carboxylic acid groups (broad SMARTS) is 1. The van der Waals surface area contributed by atoms with E-state index >= 15 is 0 Å². The van der Waals surface area contributed by atoms with Gasteiger partial charge in [0.1, 0.15) is 0 Å². The topological polar surface area (TPSA) is 59.4 Å². The van der Waals surface area contributed by atoms with E-state index in [1.165, 1.54) is 63.5 Å². The number of rotatable bonds is 11. The molecule has 0 saturated heterocycles. The smallest absolute Gasteiger partial charge is 0.333 e. The van der Waals surface area contributed by atoms with Crippen molar-refractivity contribution in [1.82, 2.24) is 4.98 Å². The summed E-state index contributed by atoms with van der Waals surface area (Å²) in [6.07, 6.45) is 7.03. The zero-order valence-corrected chi connectivity index (χ0v) is 23.6. The number of carboxylic acids is 1. The summed E-state index contributed by atoms with van der Waals surface area (Å²) in [7, 11) is 0. The van der Waals surface area contributed by atoms with Crippen LogP contribution >= 0.6 is 34.4 Å². The van der Waals surface area contributed by atoms with E-state index in [4.69, 9.17) is 9.72 Å². The predicted octanol–water partition coefficient (Wildman–Crippen LogP) is 8.44. The average molecular weight is 552 g/mol. The molecule has 1 atom stereocenters. The van der Waals surface area contributed by atoms with E-state index in [0.717, 1.165) is 22.4 Å². The Morgan fingerprint density at radius 2 is 1.95 bits per heavy atom. The van der Waals surface area contributed by atoms with Crippen molar-refractivity contribution in [2.75, 3.05) is 12.4 Å². The number of benzene rings is 2. The second kappa shape index (κ2) is 12.6. The Balaban J connectivity index is 1.33. The van der Waals surface area contributed by atoms with E-state index in [-0.39, 0.29) is 0 Å². The lowest BCUT2D eigenvalue weighted by Gasteiger charge is -2.18. The van der Waals surface area contributed by atoms with Gasteiger partial charge >= 0.3 is 5.97 Å². The molecule has 0 spiro atoms. The molecule has 37 heavy (non-hydrogen) atoms. The lowest BCUT2D eigenvalue weighted by molar-refractivity contribution is -0.149. The third kappa shape index (κ3) is 6.28. The van der Waals surface area contributed by atoms with Crippen LogP contribution in [0.25, 0.3) is 20.5 Å². The summed E-state index contributed by atoms with van der Waals surface area (Å²) in [6, 6.07) is 17.1. The van der Waals surface area contributed by atoms with Crippen molar-refractivity contribution in [1.29, 1.82) is 0 Å². The van der Waals surface area contributed by atoms with Crippen LogP contribution in [-0.2, 0) is 22.4 Å². The van der Waals surface area contributed by atoms with Crippen molar-refractivity contribution in [2.24, 2.45) is 0 Å². The van der Waals surface area contributed by atoms with Crippen LogP contribution in [0.2, 0.25) is 0 Å². The number of aromatic nitrogens is 1. The summed E-state index contributed by atoms with van der Waals surface area (Å²) in [5.74, 6) is 0.663. The molecule has 1 aliphatic rings. The molecule has 4 aromatic rings. The first-order valence-electron chi connectivity index (χ1n) is 13.1. The molecule has 4 nitrogen and oxygen atoms in total. The van der Waals surface area contributed by atoms with Gasteiger partial charge in [0, 0.05) is 46.1 Å². The number of ether oxygens (including phenoxy) is 1. The van der Waals surface area contributed by atoms with Gasteiger partial charge < -0.3 is 9.84 Å². The number of hydrogen-bond acceptors (Lipinski definition) is 6. The van der Waals surface area contributed by atoms with Crippen molar-refractivity contribution >= 4 is 50.5 Å². The Labute approximate surface area is 231 Å². The van der Waals surface area contributed by atoms with Gasteiger partial charge in [-0.05, 0) is 48.4 Å². The van der Waals surface area contributed by atoms with Gasteiger partial charge in [-0.3, -0.25) is 0 Å². The Morgan fingerprint density at radius 1 is 1.14 bits per heavy atom. The molecule has 2 aromatic carbocycles. The number of thiophene rings is 1. The van der Waals surface area contributed by atoms with Crippen LogP contribution in [0.15, 0.2) is 58.8 Å². The molecule has 1 saturated carbocycles. The minimum Gasteiger partial charge on any atom is -0.479 e. The van der Waals surface area contributed by atoms with Gasteiger partial charge in [0.15, 0.2) is 6.10 Å². The van der Waals surface area contributed by atoms with E-state index in [1.54, 1.807) is 11.3 Å². The summed E-state index contributed by atoms with van der Waals surface area (Å²) in [5.41, 5.74) is 3.54. The third-order valence-corrected chi connectivity index (χ3v) is 10.4. The largest absolute Gasteiger partial charge is 0.479 e. The highest BCUT2D eigenvalue weighted by molar-refractivity contribution is 7.99. The molecule has 0 aliphatic heterocycles. The Morgan fingerprint density at radius 3 is 2.70 bits per heavy atom. The molecule has 0 bridgehead atoms. The SMILES string of the molecule is CCO[C@@H](Cc1ccc(SCCc2nc(C3CCCCC3)sc2-c2ccccc2)c2ccsc12)C(=O)O. The number of thiazole rings is 1. The lowest BCUT2D eigenvalue weighted by Crippen LogP contribution is -2.26. The van der Waals surface area contributed by atoms with Crippen LogP contribution in [0.5, 0.6) is 0 Å². The maximum Gasteiger partial charge on any atom is 0.333 e. The Hall–Kier alpha value is -2.19. The average Bonchev–Trinajstić information content (AvgIpc) is 3.59. The summed E-state index contributed by atoms with van der Waals surface area (Å²) < 4.78 is 6.63. The van der Waals surface area contributed by atoms with Crippen molar-refractivity contribution in [3.63, 3.8) is 0 Å².